The van der Waals surface area contributed by atoms with Crippen LogP contribution in [0.5, 0.6) is 0 Å². The molecule has 112 valence electrons. The number of hydrogen-bond donors (Lipinski definition) is 1. The molecule has 0 heterocycles. The molecule has 0 aliphatic carbocycles. The van der Waals surface area contributed by atoms with Crippen LogP contribution in [0.3, 0.4) is 0 Å². The van der Waals surface area contributed by atoms with E-state index in [-0.39, 0.29) is 0 Å². The maximum Gasteiger partial charge on any atom is 0.0719 e. The first-order valence-electron chi connectivity index (χ1n) is 7.70. The molecule has 0 atom stereocenters. The van der Waals surface area contributed by atoms with Gasteiger partial charge in [0.05, 0.1) is 6.61 Å². The fraction of sp³-hybridized carbons (Fsp3) is 0.556. The van der Waals surface area contributed by atoms with E-state index in [1.165, 1.54) is 11.1 Å². The highest BCUT2D eigenvalue weighted by Gasteiger charge is 2.02. The van der Waals surface area contributed by atoms with Crippen LogP contribution in [-0.2, 0) is 17.8 Å². The third-order valence-electron chi connectivity index (χ3n) is 3.20. The summed E-state index contributed by atoms with van der Waals surface area (Å²) < 4.78 is 5.74. The predicted octanol–water partition coefficient (Wildman–Crippen LogP) is 3.96. The molecule has 0 bridgehead atoms. The lowest BCUT2D eigenvalue weighted by molar-refractivity contribution is 0.118. The second kappa shape index (κ2) is 10.6. The Morgan fingerprint density at radius 3 is 2.70 bits per heavy atom. The van der Waals surface area contributed by atoms with Gasteiger partial charge in [-0.05, 0) is 49.4 Å². The Balaban J connectivity index is 2.32. The molecule has 0 fully saturated rings. The molecule has 1 aromatic carbocycles. The summed E-state index contributed by atoms with van der Waals surface area (Å²) in [4.78, 5) is 0. The van der Waals surface area contributed by atoms with Gasteiger partial charge in [0.25, 0.3) is 0 Å². The van der Waals surface area contributed by atoms with Crippen LogP contribution in [0.25, 0.3) is 0 Å². The van der Waals surface area contributed by atoms with Crippen LogP contribution >= 0.6 is 0 Å². The Morgan fingerprint density at radius 1 is 1.25 bits per heavy atom. The number of hydrogen-bond acceptors (Lipinski definition) is 2. The molecule has 2 nitrogen and oxygen atoms in total. The van der Waals surface area contributed by atoms with Crippen molar-refractivity contribution in [2.75, 3.05) is 19.7 Å². The monoisotopic (exact) mass is 275 g/mol. The molecule has 0 aliphatic heterocycles. The van der Waals surface area contributed by atoms with E-state index in [1.54, 1.807) is 0 Å². The summed E-state index contributed by atoms with van der Waals surface area (Å²) >= 11 is 0. The molecule has 0 aromatic heterocycles. The first kappa shape index (κ1) is 16.9. The number of ether oxygens (including phenoxy) is 1. The molecule has 20 heavy (non-hydrogen) atoms. The fourth-order valence-electron chi connectivity index (χ4n) is 2.07. The fourth-order valence-corrected chi connectivity index (χ4v) is 2.07. The second-order valence-corrected chi connectivity index (χ2v) is 5.60. The number of nitrogens with one attached hydrogen (secondary N) is 1. The Kier molecular flexibility index (Phi) is 9.01. The summed E-state index contributed by atoms with van der Waals surface area (Å²) in [5.41, 5.74) is 2.71. The van der Waals surface area contributed by atoms with Crippen LogP contribution in [0.4, 0.5) is 0 Å². The maximum atomic E-state index is 5.74. The van der Waals surface area contributed by atoms with E-state index in [9.17, 15) is 0 Å². The minimum Gasteiger partial charge on any atom is -0.377 e. The molecule has 0 amide bonds. The third-order valence-corrected chi connectivity index (χ3v) is 3.20. The molecular weight excluding hydrogens is 246 g/mol. The molecule has 0 unspecified atom stereocenters. The van der Waals surface area contributed by atoms with Crippen LogP contribution in [0, 0.1) is 5.92 Å². The zero-order valence-corrected chi connectivity index (χ0v) is 13.0. The molecule has 0 spiro atoms. The molecule has 1 N–H and O–H groups in total. The SMILES string of the molecule is C=CCCCOCc1ccccc1CCNCC(C)C. The van der Waals surface area contributed by atoms with Crippen molar-refractivity contribution in [3.63, 3.8) is 0 Å². The highest BCUT2D eigenvalue weighted by atomic mass is 16.5. The van der Waals surface area contributed by atoms with Gasteiger partial charge in [0.1, 0.15) is 0 Å². The van der Waals surface area contributed by atoms with Crippen LogP contribution in [0.2, 0.25) is 0 Å². The standard InChI is InChI=1S/C18H29NO/c1-4-5-8-13-20-15-18-10-7-6-9-17(18)11-12-19-14-16(2)3/h4,6-7,9-10,16,19H,1,5,8,11-15H2,2-3H3. The van der Waals surface area contributed by atoms with E-state index >= 15 is 0 Å². The minimum absolute atomic E-state index is 0.707. The van der Waals surface area contributed by atoms with Crippen LogP contribution < -0.4 is 5.32 Å². The van der Waals surface area contributed by atoms with Gasteiger partial charge in [0, 0.05) is 6.61 Å². The van der Waals surface area contributed by atoms with Gasteiger partial charge in [-0.2, -0.15) is 0 Å². The zero-order valence-electron chi connectivity index (χ0n) is 13.0. The van der Waals surface area contributed by atoms with Crippen molar-refractivity contribution in [2.24, 2.45) is 5.92 Å². The molecule has 0 saturated carbocycles. The number of rotatable bonds is 11. The maximum absolute atomic E-state index is 5.74. The van der Waals surface area contributed by atoms with Crippen molar-refractivity contribution in [1.82, 2.24) is 5.32 Å². The quantitative estimate of drug-likeness (QED) is 0.487. The van der Waals surface area contributed by atoms with E-state index in [0.29, 0.717) is 5.92 Å². The molecule has 1 aromatic rings. The van der Waals surface area contributed by atoms with Gasteiger partial charge in [0.2, 0.25) is 0 Å². The highest BCUT2D eigenvalue weighted by molar-refractivity contribution is 5.26. The van der Waals surface area contributed by atoms with Crippen molar-refractivity contribution in [2.45, 2.75) is 39.7 Å². The molecule has 0 saturated heterocycles. The lowest BCUT2D eigenvalue weighted by Crippen LogP contribution is -2.22. The van der Waals surface area contributed by atoms with Crippen LogP contribution in [0.15, 0.2) is 36.9 Å². The Labute approximate surface area is 124 Å². The number of allylic oxidation sites excluding steroid dienone is 1. The minimum atomic E-state index is 0.707. The van der Waals surface area contributed by atoms with Gasteiger partial charge in [-0.15, -0.1) is 6.58 Å². The van der Waals surface area contributed by atoms with Crippen molar-refractivity contribution >= 4 is 0 Å². The molecule has 0 aliphatic rings. The van der Waals surface area contributed by atoms with Crippen LogP contribution in [-0.4, -0.2) is 19.7 Å². The summed E-state index contributed by atoms with van der Waals surface area (Å²) in [6.45, 7) is 11.8. The largest absolute Gasteiger partial charge is 0.377 e. The van der Waals surface area contributed by atoms with E-state index in [1.807, 2.05) is 6.08 Å². The molecule has 0 radical (unpaired) electrons. The van der Waals surface area contributed by atoms with E-state index < -0.39 is 0 Å². The van der Waals surface area contributed by atoms with Crippen molar-refractivity contribution < 1.29 is 4.74 Å². The lowest BCUT2D eigenvalue weighted by Gasteiger charge is -2.11. The summed E-state index contributed by atoms with van der Waals surface area (Å²) in [6, 6.07) is 8.58. The van der Waals surface area contributed by atoms with E-state index in [2.05, 4.69) is 50.0 Å². The average molecular weight is 275 g/mol. The summed E-state index contributed by atoms with van der Waals surface area (Å²) in [5, 5.41) is 3.49. The first-order valence-corrected chi connectivity index (χ1v) is 7.70. The lowest BCUT2D eigenvalue weighted by atomic mass is 10.1. The summed E-state index contributed by atoms with van der Waals surface area (Å²) in [7, 11) is 0. The predicted molar refractivity (Wildman–Crippen MR) is 86.9 cm³/mol. The number of benzene rings is 1. The topological polar surface area (TPSA) is 21.3 Å². The van der Waals surface area contributed by atoms with Gasteiger partial charge >= 0.3 is 0 Å². The smallest absolute Gasteiger partial charge is 0.0719 e. The van der Waals surface area contributed by atoms with Crippen molar-refractivity contribution in [3.8, 4) is 0 Å². The molecule has 2 heteroatoms. The van der Waals surface area contributed by atoms with Gasteiger partial charge in [-0.1, -0.05) is 44.2 Å². The van der Waals surface area contributed by atoms with Gasteiger partial charge in [-0.3, -0.25) is 0 Å². The first-order chi connectivity index (χ1) is 9.74. The third kappa shape index (κ3) is 7.46. The zero-order chi connectivity index (χ0) is 14.6. The van der Waals surface area contributed by atoms with Crippen LogP contribution in [0.1, 0.15) is 37.8 Å². The van der Waals surface area contributed by atoms with Crippen molar-refractivity contribution in [3.05, 3.63) is 48.0 Å². The molecule has 1 rings (SSSR count). The van der Waals surface area contributed by atoms with Gasteiger partial charge in [0.15, 0.2) is 0 Å². The van der Waals surface area contributed by atoms with E-state index in [0.717, 1.165) is 45.6 Å². The van der Waals surface area contributed by atoms with E-state index in [4.69, 9.17) is 4.74 Å². The molecular formula is C18H29NO. The summed E-state index contributed by atoms with van der Waals surface area (Å²) in [6.07, 6.45) is 5.10. The second-order valence-electron chi connectivity index (χ2n) is 5.60. The Morgan fingerprint density at radius 2 is 2.00 bits per heavy atom. The van der Waals surface area contributed by atoms with Gasteiger partial charge in [-0.25, -0.2) is 0 Å². The normalized spacial score (nSPS) is 10.9. The number of unbranched alkanes of at least 4 members (excludes halogenated alkanes) is 1. The van der Waals surface area contributed by atoms with Crippen molar-refractivity contribution in [1.29, 1.82) is 0 Å². The average Bonchev–Trinajstić information content (AvgIpc) is 2.44. The summed E-state index contributed by atoms with van der Waals surface area (Å²) in [5.74, 6) is 0.707. The highest BCUT2D eigenvalue weighted by Crippen LogP contribution is 2.11. The Hall–Kier alpha value is -1.12. The Bertz CT molecular complexity index is 373. The van der Waals surface area contributed by atoms with Gasteiger partial charge < -0.3 is 10.1 Å².